The van der Waals surface area contributed by atoms with Gasteiger partial charge in [-0.1, -0.05) is 0 Å². The van der Waals surface area contributed by atoms with Crippen molar-refractivity contribution in [1.82, 2.24) is 30.7 Å². The molecule has 1 aliphatic heterocycles. The molecule has 0 aromatic heterocycles. The minimum Gasteiger partial charge on any atom is -0.329 e. The van der Waals surface area contributed by atoms with Gasteiger partial charge in [-0.3, -0.25) is 0 Å². The van der Waals surface area contributed by atoms with E-state index in [9.17, 15) is 0 Å². The molecule has 0 unspecified atom stereocenters. The van der Waals surface area contributed by atoms with Crippen LogP contribution in [0.3, 0.4) is 0 Å². The van der Waals surface area contributed by atoms with Crippen LogP contribution in [0.1, 0.15) is 19.3 Å². The van der Waals surface area contributed by atoms with Crippen LogP contribution in [0.15, 0.2) is 35.7 Å². The van der Waals surface area contributed by atoms with E-state index < -0.39 is 0 Å². The maximum Gasteiger partial charge on any atom is 0.106 e. The molecule has 1 aliphatic rings. The molecule has 138 valence electrons. The molecule has 0 bridgehead atoms. The molecule has 1 heterocycles. The first kappa shape index (κ1) is 20.5. The third kappa shape index (κ3) is 9.60. The zero-order chi connectivity index (χ0) is 17.9. The number of hydrogen-bond donors (Lipinski definition) is 3. The first-order valence-electron chi connectivity index (χ1n) is 8.72. The highest BCUT2D eigenvalue weighted by molar-refractivity contribution is 5.23. The lowest BCUT2D eigenvalue weighted by Gasteiger charge is -2.27. The van der Waals surface area contributed by atoms with E-state index in [0.717, 1.165) is 56.4 Å². The first-order valence-corrected chi connectivity index (χ1v) is 8.72. The fraction of sp³-hybridized carbons (Fsp3) is 0.667. The zero-order valence-corrected chi connectivity index (χ0v) is 16.3. The Kier molecular flexibility index (Phi) is 9.52. The zero-order valence-electron chi connectivity index (χ0n) is 16.3. The highest BCUT2D eigenvalue weighted by atomic mass is 15.3. The Morgan fingerprint density at radius 1 is 0.542 bits per heavy atom. The molecule has 6 heteroatoms. The normalized spacial score (nSPS) is 14.6. The summed E-state index contributed by atoms with van der Waals surface area (Å²) in [5, 5.41) is 10.3. The van der Waals surface area contributed by atoms with Crippen molar-refractivity contribution in [1.29, 1.82) is 0 Å². The summed E-state index contributed by atoms with van der Waals surface area (Å²) in [5.41, 5.74) is 0. The lowest BCUT2D eigenvalue weighted by atomic mass is 10.3. The molecule has 0 amide bonds. The number of rotatable bonds is 9. The highest BCUT2D eigenvalue weighted by Gasteiger charge is 2.11. The van der Waals surface area contributed by atoms with Gasteiger partial charge in [-0.15, -0.1) is 0 Å². The molecule has 1 saturated heterocycles. The van der Waals surface area contributed by atoms with Crippen LogP contribution in [0.2, 0.25) is 0 Å². The second-order valence-corrected chi connectivity index (χ2v) is 7.00. The summed E-state index contributed by atoms with van der Waals surface area (Å²) in [6, 6.07) is 0. The molecule has 0 aromatic carbocycles. The average molecular weight is 337 g/mol. The first-order chi connectivity index (χ1) is 11.4. The Morgan fingerprint density at radius 3 is 1.00 bits per heavy atom. The van der Waals surface area contributed by atoms with E-state index in [1.165, 1.54) is 0 Å². The topological polar surface area (TPSA) is 45.8 Å². The van der Waals surface area contributed by atoms with E-state index >= 15 is 0 Å². The summed E-state index contributed by atoms with van der Waals surface area (Å²) in [4.78, 5) is 6.58. The van der Waals surface area contributed by atoms with Crippen LogP contribution in [-0.4, -0.2) is 76.6 Å². The Bertz CT molecular complexity index is 370. The summed E-state index contributed by atoms with van der Waals surface area (Å²) in [6.45, 7) is 3.12. The van der Waals surface area contributed by atoms with Crippen LogP contribution in [0.25, 0.3) is 0 Å². The van der Waals surface area contributed by atoms with E-state index in [2.05, 4.69) is 91.2 Å². The van der Waals surface area contributed by atoms with E-state index in [-0.39, 0.29) is 0 Å². The quantitative estimate of drug-likeness (QED) is 0.587. The second-order valence-electron chi connectivity index (χ2n) is 7.00. The van der Waals surface area contributed by atoms with Gasteiger partial charge in [0, 0.05) is 19.6 Å². The van der Waals surface area contributed by atoms with Gasteiger partial charge in [0.15, 0.2) is 0 Å². The molecule has 0 spiro atoms. The van der Waals surface area contributed by atoms with Crippen molar-refractivity contribution in [3.8, 4) is 0 Å². The SMILES string of the molecule is CN(C)CCC=C1NC(=CCCN(C)C)NC(=CCCN(C)C)N1. The van der Waals surface area contributed by atoms with Crippen LogP contribution in [0.5, 0.6) is 0 Å². The molecular weight excluding hydrogens is 300 g/mol. The van der Waals surface area contributed by atoms with E-state index in [1.807, 2.05) is 0 Å². The summed E-state index contributed by atoms with van der Waals surface area (Å²) in [5.74, 6) is 3.17. The van der Waals surface area contributed by atoms with Crippen LogP contribution < -0.4 is 16.0 Å². The third-order valence-corrected chi connectivity index (χ3v) is 3.58. The third-order valence-electron chi connectivity index (χ3n) is 3.58. The minimum absolute atomic E-state index is 1.01. The largest absolute Gasteiger partial charge is 0.329 e. The minimum atomic E-state index is 1.01. The van der Waals surface area contributed by atoms with E-state index in [1.54, 1.807) is 0 Å². The number of hydrogen-bond acceptors (Lipinski definition) is 6. The highest BCUT2D eigenvalue weighted by Crippen LogP contribution is 2.07. The maximum absolute atomic E-state index is 3.44. The predicted octanol–water partition coefficient (Wildman–Crippen LogP) is 1.15. The van der Waals surface area contributed by atoms with Gasteiger partial charge in [0.25, 0.3) is 0 Å². The van der Waals surface area contributed by atoms with Crippen molar-refractivity contribution in [3.63, 3.8) is 0 Å². The fourth-order valence-corrected chi connectivity index (χ4v) is 2.24. The van der Waals surface area contributed by atoms with Crippen LogP contribution >= 0.6 is 0 Å². The smallest absolute Gasteiger partial charge is 0.106 e. The van der Waals surface area contributed by atoms with Gasteiger partial charge in [0.2, 0.25) is 0 Å². The van der Waals surface area contributed by atoms with Gasteiger partial charge < -0.3 is 30.7 Å². The summed E-state index contributed by atoms with van der Waals surface area (Å²) in [7, 11) is 12.6. The molecule has 1 fully saturated rings. The van der Waals surface area contributed by atoms with Gasteiger partial charge in [-0.25, -0.2) is 0 Å². The Balaban J connectivity index is 2.70. The molecule has 0 aromatic rings. The molecule has 24 heavy (non-hydrogen) atoms. The van der Waals surface area contributed by atoms with Crippen LogP contribution in [0, 0.1) is 0 Å². The molecule has 0 aliphatic carbocycles. The van der Waals surface area contributed by atoms with Crippen molar-refractivity contribution < 1.29 is 0 Å². The molecule has 1 rings (SSSR count). The standard InChI is InChI=1S/C18H36N6/c1-22(2)13-7-10-16-19-17(11-8-14-23(3)4)21-18(20-16)12-9-15-24(5)6/h10-12,19-21H,7-9,13-15H2,1-6H3. The predicted molar refractivity (Wildman–Crippen MR) is 103 cm³/mol. The van der Waals surface area contributed by atoms with Gasteiger partial charge in [0.1, 0.15) is 17.5 Å². The van der Waals surface area contributed by atoms with Crippen molar-refractivity contribution >= 4 is 0 Å². The second kappa shape index (κ2) is 11.1. The van der Waals surface area contributed by atoms with Crippen molar-refractivity contribution in [3.05, 3.63) is 35.7 Å². The molecule has 0 saturated carbocycles. The van der Waals surface area contributed by atoms with Gasteiger partial charge >= 0.3 is 0 Å². The summed E-state index contributed by atoms with van der Waals surface area (Å²) >= 11 is 0. The molecule has 6 nitrogen and oxygen atoms in total. The molecule has 0 atom stereocenters. The molecule has 0 radical (unpaired) electrons. The van der Waals surface area contributed by atoms with E-state index in [0.29, 0.717) is 0 Å². The van der Waals surface area contributed by atoms with Crippen LogP contribution in [-0.2, 0) is 0 Å². The molecular formula is C18H36N6. The summed E-state index contributed by atoms with van der Waals surface area (Å²) < 4.78 is 0. The average Bonchev–Trinajstić information content (AvgIpc) is 2.46. The fourth-order valence-electron chi connectivity index (χ4n) is 2.24. The van der Waals surface area contributed by atoms with Crippen molar-refractivity contribution in [2.24, 2.45) is 0 Å². The molecule has 3 N–H and O–H groups in total. The summed E-state index contributed by atoms with van der Waals surface area (Å²) in [6.07, 6.45) is 9.70. The Labute approximate surface area is 148 Å². The van der Waals surface area contributed by atoms with Gasteiger partial charge in [0.05, 0.1) is 0 Å². The lowest BCUT2D eigenvalue weighted by molar-refractivity contribution is 0.414. The lowest BCUT2D eigenvalue weighted by Crippen LogP contribution is -2.42. The van der Waals surface area contributed by atoms with E-state index in [4.69, 9.17) is 0 Å². The number of nitrogens with zero attached hydrogens (tertiary/aromatic N) is 3. The monoisotopic (exact) mass is 336 g/mol. The Hall–Kier alpha value is -1.50. The van der Waals surface area contributed by atoms with Crippen LogP contribution in [0.4, 0.5) is 0 Å². The maximum atomic E-state index is 3.44. The van der Waals surface area contributed by atoms with Gasteiger partial charge in [-0.2, -0.15) is 0 Å². The van der Waals surface area contributed by atoms with Crippen molar-refractivity contribution in [2.75, 3.05) is 61.9 Å². The van der Waals surface area contributed by atoms with Gasteiger partial charge in [-0.05, 0) is 79.8 Å². The Morgan fingerprint density at radius 2 is 0.792 bits per heavy atom. The van der Waals surface area contributed by atoms with Crippen molar-refractivity contribution in [2.45, 2.75) is 19.3 Å². The number of nitrogens with one attached hydrogen (secondary N) is 3.